The average Bonchev–Trinajstić information content (AvgIpc) is 2.89. The van der Waals surface area contributed by atoms with Crippen LogP contribution in [0.25, 0.3) is 0 Å². The Bertz CT molecular complexity index is 701. The van der Waals surface area contributed by atoms with E-state index in [1.54, 1.807) is 0 Å². The lowest BCUT2D eigenvalue weighted by Gasteiger charge is -2.48. The molecule has 0 aliphatic heterocycles. The van der Waals surface area contributed by atoms with Crippen LogP contribution >= 0.6 is 8.25 Å². The number of carbonyl (C=O) groups excluding carboxylic acids is 1. The molecule has 2 fully saturated rings. The van der Waals surface area contributed by atoms with Gasteiger partial charge in [0.25, 0.3) is 0 Å². The van der Waals surface area contributed by atoms with E-state index in [4.69, 9.17) is 9.05 Å². The summed E-state index contributed by atoms with van der Waals surface area (Å²) < 4.78 is 21.6. The molecule has 2 saturated carbocycles. The highest BCUT2D eigenvalue weighted by molar-refractivity contribution is 7.33. The summed E-state index contributed by atoms with van der Waals surface area (Å²) >= 11 is 0. The van der Waals surface area contributed by atoms with E-state index in [2.05, 4.69) is 13.0 Å². The summed E-state index contributed by atoms with van der Waals surface area (Å²) in [5, 5.41) is 0. The molecule has 0 heterocycles. The van der Waals surface area contributed by atoms with Crippen LogP contribution in [-0.2, 0) is 20.3 Å². The SMILES string of the molecule is CO[PH](=O)Oc1ccc2c(c1)CC[C@@H]1[C@@H]2CC[C@]2(C)C(=O)CC[C@@H]12. The van der Waals surface area contributed by atoms with Crippen LogP contribution in [0, 0.1) is 17.3 Å². The van der Waals surface area contributed by atoms with Gasteiger partial charge in [-0.3, -0.25) is 4.79 Å². The first kappa shape index (κ1) is 16.4. The number of ketones is 1. The van der Waals surface area contributed by atoms with Gasteiger partial charge in [0, 0.05) is 18.9 Å². The predicted octanol–water partition coefficient (Wildman–Crippen LogP) is 4.53. The Morgan fingerprint density at radius 3 is 2.83 bits per heavy atom. The molecule has 3 aliphatic carbocycles. The largest absolute Gasteiger partial charge is 0.426 e. The molecule has 0 aromatic heterocycles. The van der Waals surface area contributed by atoms with E-state index in [1.165, 1.54) is 18.2 Å². The van der Waals surface area contributed by atoms with Crippen LogP contribution in [-0.4, -0.2) is 12.9 Å². The standard InChI is InChI=1S/C19H25O4P/c1-19-10-9-15-14-6-4-13(23-24(21)22-2)11-12(14)3-5-16(15)17(19)7-8-18(19)20/h4,6,11,15-17,24H,3,5,7-10H2,1-2H3/t15-,16-,17+,19+/m1/s1. The van der Waals surface area contributed by atoms with Crippen molar-refractivity contribution in [3.05, 3.63) is 29.3 Å². The molecule has 4 nitrogen and oxygen atoms in total. The van der Waals surface area contributed by atoms with E-state index < -0.39 is 8.25 Å². The molecule has 1 aromatic rings. The summed E-state index contributed by atoms with van der Waals surface area (Å²) in [6.45, 7) is 2.21. The summed E-state index contributed by atoms with van der Waals surface area (Å²) in [5.41, 5.74) is 2.66. The second-order valence-corrected chi connectivity index (χ2v) is 8.86. The number of carbonyl (C=O) groups is 1. The zero-order valence-electron chi connectivity index (χ0n) is 14.3. The van der Waals surface area contributed by atoms with Gasteiger partial charge in [0.15, 0.2) is 0 Å². The maximum Gasteiger partial charge on any atom is 0.367 e. The fraction of sp³-hybridized carbons (Fsp3) is 0.632. The van der Waals surface area contributed by atoms with E-state index in [1.807, 2.05) is 12.1 Å². The molecule has 0 saturated heterocycles. The van der Waals surface area contributed by atoms with Crippen molar-refractivity contribution in [1.29, 1.82) is 0 Å². The predicted molar refractivity (Wildman–Crippen MR) is 92.7 cm³/mol. The van der Waals surface area contributed by atoms with Crippen LogP contribution in [0.2, 0.25) is 0 Å². The van der Waals surface area contributed by atoms with Crippen molar-refractivity contribution in [3.8, 4) is 5.75 Å². The molecule has 0 N–H and O–H groups in total. The first-order valence-electron chi connectivity index (χ1n) is 8.95. The van der Waals surface area contributed by atoms with Gasteiger partial charge in [0.05, 0.1) is 0 Å². The maximum atomic E-state index is 12.4. The molecule has 1 aromatic carbocycles. The lowest BCUT2D eigenvalue weighted by Crippen LogP contribution is -2.42. The van der Waals surface area contributed by atoms with E-state index in [-0.39, 0.29) is 5.41 Å². The summed E-state index contributed by atoms with van der Waals surface area (Å²) in [4.78, 5) is 12.4. The van der Waals surface area contributed by atoms with Gasteiger partial charge in [-0.15, -0.1) is 0 Å². The van der Waals surface area contributed by atoms with Gasteiger partial charge in [0.2, 0.25) is 0 Å². The highest BCUT2D eigenvalue weighted by Gasteiger charge is 2.54. The number of rotatable bonds is 3. The minimum atomic E-state index is -2.44. The van der Waals surface area contributed by atoms with Crippen LogP contribution in [0.3, 0.4) is 0 Å². The molecule has 4 rings (SSSR count). The quantitative estimate of drug-likeness (QED) is 0.753. The highest BCUT2D eigenvalue weighted by Crippen LogP contribution is 2.59. The first-order chi connectivity index (χ1) is 11.5. The molecule has 24 heavy (non-hydrogen) atoms. The topological polar surface area (TPSA) is 52.6 Å². The first-order valence-corrected chi connectivity index (χ1v) is 10.2. The number of fused-ring (bicyclic) bond motifs is 5. The summed E-state index contributed by atoms with van der Waals surface area (Å²) in [6, 6.07) is 6.09. The van der Waals surface area contributed by atoms with Gasteiger partial charge in [-0.25, -0.2) is 4.57 Å². The molecule has 130 valence electrons. The van der Waals surface area contributed by atoms with Crippen LogP contribution in [0.5, 0.6) is 5.75 Å². The van der Waals surface area contributed by atoms with E-state index in [0.29, 0.717) is 29.3 Å². The fourth-order valence-corrected chi connectivity index (χ4v) is 5.93. The van der Waals surface area contributed by atoms with Crippen LogP contribution in [0.1, 0.15) is 56.1 Å². The molecular formula is C19H25O4P. The second-order valence-electron chi connectivity index (χ2n) is 7.75. The van der Waals surface area contributed by atoms with E-state index in [0.717, 1.165) is 38.5 Å². The van der Waals surface area contributed by atoms with Gasteiger partial charge < -0.3 is 9.05 Å². The van der Waals surface area contributed by atoms with Crippen LogP contribution in [0.15, 0.2) is 18.2 Å². The zero-order valence-corrected chi connectivity index (χ0v) is 15.3. The zero-order chi connectivity index (χ0) is 16.9. The molecule has 5 heteroatoms. The molecule has 0 spiro atoms. The van der Waals surface area contributed by atoms with Gasteiger partial charge in [-0.2, -0.15) is 0 Å². The number of hydrogen-bond acceptors (Lipinski definition) is 4. The molecule has 0 amide bonds. The molecule has 0 bridgehead atoms. The average molecular weight is 348 g/mol. The van der Waals surface area contributed by atoms with Crippen LogP contribution in [0.4, 0.5) is 0 Å². The lowest BCUT2D eigenvalue weighted by atomic mass is 9.55. The highest BCUT2D eigenvalue weighted by atomic mass is 31.1. The number of aryl methyl sites for hydroxylation is 1. The Labute approximate surface area is 143 Å². The third kappa shape index (κ3) is 2.46. The van der Waals surface area contributed by atoms with Crippen molar-refractivity contribution in [2.75, 3.05) is 7.11 Å². The van der Waals surface area contributed by atoms with Crippen molar-refractivity contribution < 1.29 is 18.4 Å². The molecule has 5 atom stereocenters. The van der Waals surface area contributed by atoms with Crippen molar-refractivity contribution in [2.45, 2.75) is 51.4 Å². The number of hydrogen-bond donors (Lipinski definition) is 0. The second kappa shape index (κ2) is 6.00. The lowest BCUT2D eigenvalue weighted by molar-refractivity contribution is -0.129. The Kier molecular flexibility index (Phi) is 4.09. The van der Waals surface area contributed by atoms with Gasteiger partial charge in [-0.05, 0) is 73.1 Å². The van der Waals surface area contributed by atoms with E-state index in [9.17, 15) is 9.36 Å². The van der Waals surface area contributed by atoms with Crippen molar-refractivity contribution in [1.82, 2.24) is 0 Å². The summed E-state index contributed by atoms with van der Waals surface area (Å²) in [7, 11) is -1.05. The van der Waals surface area contributed by atoms with E-state index >= 15 is 0 Å². The van der Waals surface area contributed by atoms with Gasteiger partial charge in [0.1, 0.15) is 11.5 Å². The van der Waals surface area contributed by atoms with Crippen LogP contribution < -0.4 is 4.52 Å². The number of Topliss-reactive ketones (excluding diaryl/α,β-unsaturated/α-hetero) is 1. The Balaban J connectivity index is 1.61. The Morgan fingerprint density at radius 2 is 2.04 bits per heavy atom. The van der Waals surface area contributed by atoms with Gasteiger partial charge in [-0.1, -0.05) is 13.0 Å². The molecule has 3 aliphatic rings. The maximum absolute atomic E-state index is 12.4. The monoisotopic (exact) mass is 348 g/mol. The minimum Gasteiger partial charge on any atom is -0.426 e. The number of benzene rings is 1. The Morgan fingerprint density at radius 1 is 1.21 bits per heavy atom. The molecule has 0 radical (unpaired) electrons. The van der Waals surface area contributed by atoms with Crippen molar-refractivity contribution in [2.24, 2.45) is 17.3 Å². The third-order valence-electron chi connectivity index (χ3n) is 6.77. The van der Waals surface area contributed by atoms with Gasteiger partial charge >= 0.3 is 8.25 Å². The normalized spacial score (nSPS) is 35.8. The third-order valence-corrected chi connectivity index (χ3v) is 7.51. The minimum absolute atomic E-state index is 0.0694. The fourth-order valence-electron chi connectivity index (χ4n) is 5.53. The van der Waals surface area contributed by atoms with Crippen molar-refractivity contribution >= 4 is 14.0 Å². The summed E-state index contributed by atoms with van der Waals surface area (Å²) in [5.74, 6) is 2.87. The smallest absolute Gasteiger partial charge is 0.367 e. The Hall–Kier alpha value is -1.12. The molecular weight excluding hydrogens is 323 g/mol. The summed E-state index contributed by atoms with van der Waals surface area (Å²) in [6.07, 6.45) is 6.13. The molecule has 1 unspecified atom stereocenters. The van der Waals surface area contributed by atoms with Crippen molar-refractivity contribution in [3.63, 3.8) is 0 Å².